The first-order chi connectivity index (χ1) is 7.58. The molecule has 1 nitrogen and oxygen atoms in total. The number of nitrogens with one attached hydrogen (secondary N) is 1. The average molecular weight is 304 g/mol. The van der Waals surface area contributed by atoms with Crippen molar-refractivity contribution in [2.75, 3.05) is 11.1 Å². The zero-order valence-electron chi connectivity index (χ0n) is 9.39. The lowest BCUT2D eigenvalue weighted by Crippen LogP contribution is -2.25. The van der Waals surface area contributed by atoms with Crippen molar-refractivity contribution in [3.63, 3.8) is 0 Å². The molecule has 1 aliphatic heterocycles. The molecule has 1 aromatic rings. The normalized spacial score (nSPS) is 24.8. The molecule has 1 heterocycles. The molecule has 0 aliphatic carbocycles. The lowest BCUT2D eigenvalue weighted by Gasteiger charge is -2.19. The number of halogens is 2. The maximum Gasteiger partial charge on any atom is 0.139 e. The van der Waals surface area contributed by atoms with E-state index in [1.165, 1.54) is 5.75 Å². The number of thioether (sulfide) groups is 1. The highest BCUT2D eigenvalue weighted by atomic mass is 79.9. The molecule has 1 fully saturated rings. The largest absolute Gasteiger partial charge is 0.381 e. The van der Waals surface area contributed by atoms with Gasteiger partial charge in [0.1, 0.15) is 5.82 Å². The molecule has 0 spiro atoms. The van der Waals surface area contributed by atoms with Crippen LogP contribution in [0.15, 0.2) is 16.6 Å². The summed E-state index contributed by atoms with van der Waals surface area (Å²) >= 11 is 5.17. The van der Waals surface area contributed by atoms with E-state index < -0.39 is 0 Å². The number of benzene rings is 1. The smallest absolute Gasteiger partial charge is 0.139 e. The minimum absolute atomic E-state index is 0.202. The summed E-state index contributed by atoms with van der Waals surface area (Å²) < 4.78 is 14.0. The summed E-state index contributed by atoms with van der Waals surface area (Å²) in [4.78, 5) is 0. The van der Waals surface area contributed by atoms with Crippen LogP contribution in [0.5, 0.6) is 0 Å². The fourth-order valence-electron chi connectivity index (χ4n) is 1.92. The molecular weight excluding hydrogens is 289 g/mol. The first-order valence-electron chi connectivity index (χ1n) is 5.41. The molecule has 1 aliphatic rings. The van der Waals surface area contributed by atoms with Gasteiger partial charge in [-0.1, -0.05) is 6.92 Å². The summed E-state index contributed by atoms with van der Waals surface area (Å²) in [6, 6.07) is 3.86. The minimum Gasteiger partial charge on any atom is -0.381 e. The third-order valence-corrected chi connectivity index (χ3v) is 4.92. The Bertz CT molecular complexity index is 397. The first kappa shape index (κ1) is 12.2. The Hall–Kier alpha value is -0.220. The van der Waals surface area contributed by atoms with E-state index in [1.807, 2.05) is 24.8 Å². The number of hydrogen-bond donors (Lipinski definition) is 1. The minimum atomic E-state index is -0.202. The van der Waals surface area contributed by atoms with Crippen LogP contribution in [0.1, 0.15) is 18.9 Å². The second-order valence-electron chi connectivity index (χ2n) is 4.20. The van der Waals surface area contributed by atoms with Gasteiger partial charge in [-0.05, 0) is 52.7 Å². The van der Waals surface area contributed by atoms with Gasteiger partial charge in [0.15, 0.2) is 0 Å². The van der Waals surface area contributed by atoms with E-state index in [1.54, 1.807) is 6.07 Å². The van der Waals surface area contributed by atoms with E-state index in [2.05, 4.69) is 28.2 Å². The molecule has 0 bridgehead atoms. The zero-order chi connectivity index (χ0) is 11.7. The Kier molecular flexibility index (Phi) is 3.80. The van der Waals surface area contributed by atoms with E-state index in [-0.39, 0.29) is 5.82 Å². The van der Waals surface area contributed by atoms with E-state index >= 15 is 0 Å². The van der Waals surface area contributed by atoms with Gasteiger partial charge in [-0.15, -0.1) is 0 Å². The van der Waals surface area contributed by atoms with Gasteiger partial charge in [-0.3, -0.25) is 0 Å². The van der Waals surface area contributed by atoms with Crippen LogP contribution in [0.3, 0.4) is 0 Å². The SMILES string of the molecule is Cc1cc(Br)c(F)cc1NC1CCSC1C. The van der Waals surface area contributed by atoms with Crippen LogP contribution < -0.4 is 5.32 Å². The Balaban J connectivity index is 2.18. The summed E-state index contributed by atoms with van der Waals surface area (Å²) in [7, 11) is 0. The Morgan fingerprint density at radius 3 is 2.88 bits per heavy atom. The van der Waals surface area contributed by atoms with Gasteiger partial charge in [0.05, 0.1) is 4.47 Å². The fourth-order valence-corrected chi connectivity index (χ4v) is 3.58. The van der Waals surface area contributed by atoms with E-state index in [9.17, 15) is 4.39 Å². The Morgan fingerprint density at radius 1 is 1.50 bits per heavy atom. The Labute approximate surface area is 108 Å². The van der Waals surface area contributed by atoms with Gasteiger partial charge in [-0.25, -0.2) is 4.39 Å². The number of hydrogen-bond acceptors (Lipinski definition) is 2. The van der Waals surface area contributed by atoms with Crippen molar-refractivity contribution < 1.29 is 4.39 Å². The van der Waals surface area contributed by atoms with Crippen LogP contribution in [0, 0.1) is 12.7 Å². The molecule has 1 N–H and O–H groups in total. The lowest BCUT2D eigenvalue weighted by atomic mass is 10.1. The van der Waals surface area contributed by atoms with Crippen molar-refractivity contribution in [1.82, 2.24) is 0 Å². The molecule has 1 saturated heterocycles. The molecule has 0 amide bonds. The molecule has 16 heavy (non-hydrogen) atoms. The Morgan fingerprint density at radius 2 is 2.25 bits per heavy atom. The first-order valence-corrected chi connectivity index (χ1v) is 7.26. The quantitative estimate of drug-likeness (QED) is 0.878. The summed E-state index contributed by atoms with van der Waals surface area (Å²) in [5.74, 6) is 0.989. The van der Waals surface area contributed by atoms with Crippen LogP contribution in [0.4, 0.5) is 10.1 Å². The molecule has 0 radical (unpaired) electrons. The van der Waals surface area contributed by atoms with Gasteiger partial charge in [0, 0.05) is 17.0 Å². The molecule has 2 unspecified atom stereocenters. The highest BCUT2D eigenvalue weighted by Gasteiger charge is 2.24. The van der Waals surface area contributed by atoms with Crippen LogP contribution in [0.2, 0.25) is 0 Å². The van der Waals surface area contributed by atoms with Crippen LogP contribution in [0.25, 0.3) is 0 Å². The van der Waals surface area contributed by atoms with E-state index in [4.69, 9.17) is 0 Å². The maximum atomic E-state index is 13.4. The average Bonchev–Trinajstić information content (AvgIpc) is 2.61. The summed E-state index contributed by atoms with van der Waals surface area (Å²) in [6.45, 7) is 4.22. The summed E-state index contributed by atoms with van der Waals surface area (Å²) in [5.41, 5.74) is 2.00. The molecule has 1 aromatic carbocycles. The summed E-state index contributed by atoms with van der Waals surface area (Å²) in [6.07, 6.45) is 1.16. The number of rotatable bonds is 2. The third kappa shape index (κ3) is 2.54. The molecule has 4 heteroatoms. The molecular formula is C12H15BrFNS. The summed E-state index contributed by atoms with van der Waals surface area (Å²) in [5, 5.41) is 4.05. The van der Waals surface area contributed by atoms with E-state index in [0.29, 0.717) is 15.8 Å². The van der Waals surface area contributed by atoms with Gasteiger partial charge in [0.25, 0.3) is 0 Å². The van der Waals surface area contributed by atoms with E-state index in [0.717, 1.165) is 17.7 Å². The van der Waals surface area contributed by atoms with Crippen molar-refractivity contribution in [3.8, 4) is 0 Å². The van der Waals surface area contributed by atoms with Crippen molar-refractivity contribution in [2.45, 2.75) is 31.6 Å². The highest BCUT2D eigenvalue weighted by Crippen LogP contribution is 2.31. The predicted octanol–water partition coefficient (Wildman–Crippen LogP) is 4.20. The molecule has 2 atom stereocenters. The third-order valence-electron chi connectivity index (χ3n) is 2.98. The fraction of sp³-hybridized carbons (Fsp3) is 0.500. The van der Waals surface area contributed by atoms with Gasteiger partial charge in [0.2, 0.25) is 0 Å². The van der Waals surface area contributed by atoms with Gasteiger partial charge < -0.3 is 5.32 Å². The van der Waals surface area contributed by atoms with Crippen molar-refractivity contribution in [2.24, 2.45) is 0 Å². The van der Waals surface area contributed by atoms with Crippen molar-refractivity contribution in [1.29, 1.82) is 0 Å². The second kappa shape index (κ2) is 4.96. The van der Waals surface area contributed by atoms with Crippen LogP contribution in [-0.4, -0.2) is 17.0 Å². The number of aryl methyl sites for hydroxylation is 1. The topological polar surface area (TPSA) is 12.0 Å². The van der Waals surface area contributed by atoms with Gasteiger partial charge in [-0.2, -0.15) is 11.8 Å². The van der Waals surface area contributed by atoms with Gasteiger partial charge >= 0.3 is 0 Å². The standard InChI is InChI=1S/C12H15BrFNS/c1-7-5-9(13)10(14)6-12(7)15-11-3-4-16-8(11)2/h5-6,8,11,15H,3-4H2,1-2H3. The lowest BCUT2D eigenvalue weighted by molar-refractivity contribution is 0.620. The second-order valence-corrected chi connectivity index (χ2v) is 6.54. The van der Waals surface area contributed by atoms with Crippen molar-refractivity contribution >= 4 is 33.4 Å². The molecule has 2 rings (SSSR count). The molecule has 88 valence electrons. The van der Waals surface area contributed by atoms with Crippen LogP contribution >= 0.6 is 27.7 Å². The zero-order valence-corrected chi connectivity index (χ0v) is 11.8. The predicted molar refractivity (Wildman–Crippen MR) is 72.8 cm³/mol. The number of anilines is 1. The molecule has 0 aromatic heterocycles. The molecule has 0 saturated carbocycles. The monoisotopic (exact) mass is 303 g/mol. The maximum absolute atomic E-state index is 13.4. The van der Waals surface area contributed by atoms with Crippen LogP contribution in [-0.2, 0) is 0 Å². The highest BCUT2D eigenvalue weighted by molar-refractivity contribution is 9.10. The van der Waals surface area contributed by atoms with Crippen molar-refractivity contribution in [3.05, 3.63) is 28.0 Å².